The molecule has 31 heavy (non-hydrogen) atoms. The first-order valence-corrected chi connectivity index (χ1v) is 10.0. The summed E-state index contributed by atoms with van der Waals surface area (Å²) in [7, 11) is 1.56. The summed E-state index contributed by atoms with van der Waals surface area (Å²) >= 11 is 0. The summed E-state index contributed by atoms with van der Waals surface area (Å²) in [5.41, 5.74) is 0.529. The molecule has 1 fully saturated rings. The van der Waals surface area contributed by atoms with Crippen molar-refractivity contribution >= 4 is 35.8 Å². The molecule has 0 bridgehead atoms. The van der Waals surface area contributed by atoms with Gasteiger partial charge in [0.2, 0.25) is 0 Å². The molecule has 1 amide bonds. The molecule has 176 valence electrons. The first-order chi connectivity index (χ1) is 14.3. The van der Waals surface area contributed by atoms with Crippen molar-refractivity contribution in [3.63, 3.8) is 0 Å². The number of hydrogen-bond donors (Lipinski definition) is 2. The normalized spacial score (nSPS) is 16.3. The van der Waals surface area contributed by atoms with Crippen molar-refractivity contribution in [2.24, 2.45) is 4.99 Å². The second kappa shape index (κ2) is 12.9. The zero-order valence-corrected chi connectivity index (χ0v) is 20.4. The van der Waals surface area contributed by atoms with Crippen LogP contribution in [0.4, 0.5) is 13.2 Å². The Labute approximate surface area is 198 Å². The van der Waals surface area contributed by atoms with Crippen molar-refractivity contribution in [2.75, 3.05) is 52.9 Å². The van der Waals surface area contributed by atoms with Gasteiger partial charge in [-0.2, -0.15) is 13.2 Å². The third-order valence-electron chi connectivity index (χ3n) is 4.98. The molecule has 0 radical (unpaired) electrons. The summed E-state index contributed by atoms with van der Waals surface area (Å²) in [4.78, 5) is 20.1. The standard InChI is InChI=1S/C20H30F3N5O2.HI/c1-4-24-19(28-13-11-27(12-14-28)15(2)20(21,22)23)26-10-9-25-18(29)16-5-7-17(30-3)8-6-16;/h5-8,15H,4,9-14H2,1-3H3,(H,24,26)(H,25,29);1H. The average Bonchev–Trinajstić information content (AvgIpc) is 2.74. The number of guanidine groups is 1. The maximum Gasteiger partial charge on any atom is 0.403 e. The maximum atomic E-state index is 12.9. The highest BCUT2D eigenvalue weighted by molar-refractivity contribution is 14.0. The van der Waals surface area contributed by atoms with E-state index in [1.54, 1.807) is 31.4 Å². The molecule has 0 aromatic heterocycles. The summed E-state index contributed by atoms with van der Waals surface area (Å²) in [6.45, 7) is 6.06. The minimum absolute atomic E-state index is 0. The average molecular weight is 557 g/mol. The molecular weight excluding hydrogens is 526 g/mol. The number of aliphatic imine (C=N–C) groups is 1. The molecule has 0 aliphatic carbocycles. The van der Waals surface area contributed by atoms with Gasteiger partial charge in [0.05, 0.1) is 13.7 Å². The zero-order valence-electron chi connectivity index (χ0n) is 18.0. The van der Waals surface area contributed by atoms with Crippen LogP contribution in [0.15, 0.2) is 29.3 Å². The van der Waals surface area contributed by atoms with Crippen molar-refractivity contribution in [3.05, 3.63) is 29.8 Å². The molecule has 1 unspecified atom stereocenters. The van der Waals surface area contributed by atoms with Gasteiger partial charge in [0, 0.05) is 44.8 Å². The number of carbonyl (C=O) groups excluding carboxylic acids is 1. The van der Waals surface area contributed by atoms with E-state index in [1.165, 1.54) is 11.8 Å². The number of rotatable bonds is 7. The van der Waals surface area contributed by atoms with E-state index < -0.39 is 12.2 Å². The van der Waals surface area contributed by atoms with Crippen LogP contribution in [-0.2, 0) is 0 Å². The summed E-state index contributed by atoms with van der Waals surface area (Å²) in [6.07, 6.45) is -4.22. The van der Waals surface area contributed by atoms with Crippen molar-refractivity contribution in [1.82, 2.24) is 20.4 Å². The Bertz CT molecular complexity index is 708. The van der Waals surface area contributed by atoms with E-state index in [0.717, 1.165) is 0 Å². The number of amides is 1. The van der Waals surface area contributed by atoms with Crippen molar-refractivity contribution in [2.45, 2.75) is 26.1 Å². The van der Waals surface area contributed by atoms with Crippen LogP contribution in [0, 0.1) is 0 Å². The predicted molar refractivity (Wildman–Crippen MR) is 125 cm³/mol. The smallest absolute Gasteiger partial charge is 0.403 e. The molecule has 1 aromatic carbocycles. The largest absolute Gasteiger partial charge is 0.497 e. The third kappa shape index (κ3) is 8.36. The van der Waals surface area contributed by atoms with E-state index in [1.807, 2.05) is 11.8 Å². The highest BCUT2D eigenvalue weighted by atomic mass is 127. The number of ether oxygens (including phenoxy) is 1. The topological polar surface area (TPSA) is 69.2 Å². The lowest BCUT2D eigenvalue weighted by molar-refractivity contribution is -0.181. The highest BCUT2D eigenvalue weighted by Gasteiger charge is 2.41. The van der Waals surface area contributed by atoms with Crippen molar-refractivity contribution < 1.29 is 22.7 Å². The maximum absolute atomic E-state index is 12.9. The summed E-state index contributed by atoms with van der Waals surface area (Å²) in [5.74, 6) is 1.12. The molecule has 1 saturated heterocycles. The van der Waals surface area contributed by atoms with Crippen molar-refractivity contribution in [1.29, 1.82) is 0 Å². The Morgan fingerprint density at radius 2 is 1.77 bits per heavy atom. The van der Waals surface area contributed by atoms with Crippen molar-refractivity contribution in [3.8, 4) is 5.75 Å². The highest BCUT2D eigenvalue weighted by Crippen LogP contribution is 2.25. The van der Waals surface area contributed by atoms with Gasteiger partial charge >= 0.3 is 6.18 Å². The molecule has 1 atom stereocenters. The number of carbonyl (C=O) groups is 1. The minimum atomic E-state index is -4.22. The van der Waals surface area contributed by atoms with Crippen LogP contribution in [0.2, 0.25) is 0 Å². The van der Waals surface area contributed by atoms with Gasteiger partial charge in [0.15, 0.2) is 5.96 Å². The number of benzene rings is 1. The van der Waals surface area contributed by atoms with Gasteiger partial charge in [-0.25, -0.2) is 0 Å². The van der Waals surface area contributed by atoms with Gasteiger partial charge in [-0.3, -0.25) is 14.7 Å². The van der Waals surface area contributed by atoms with Gasteiger partial charge in [-0.05, 0) is 38.1 Å². The van der Waals surface area contributed by atoms with E-state index in [0.29, 0.717) is 63.1 Å². The van der Waals surface area contributed by atoms with Crippen LogP contribution >= 0.6 is 24.0 Å². The van der Waals surface area contributed by atoms with E-state index in [9.17, 15) is 18.0 Å². The fraction of sp³-hybridized carbons (Fsp3) is 0.600. The van der Waals surface area contributed by atoms with Crippen LogP contribution in [0.3, 0.4) is 0 Å². The fourth-order valence-corrected chi connectivity index (χ4v) is 3.13. The number of halogens is 4. The predicted octanol–water partition coefficient (Wildman–Crippen LogP) is 2.58. The summed E-state index contributed by atoms with van der Waals surface area (Å²) in [5, 5.41) is 5.98. The number of methoxy groups -OCH3 is 1. The summed E-state index contributed by atoms with van der Waals surface area (Å²) in [6, 6.07) is 5.35. The van der Waals surface area contributed by atoms with E-state index >= 15 is 0 Å². The third-order valence-corrected chi connectivity index (χ3v) is 4.98. The fourth-order valence-electron chi connectivity index (χ4n) is 3.13. The zero-order chi connectivity index (χ0) is 22.1. The lowest BCUT2D eigenvalue weighted by atomic mass is 10.2. The lowest BCUT2D eigenvalue weighted by Crippen LogP contribution is -2.56. The first-order valence-electron chi connectivity index (χ1n) is 10.0. The van der Waals surface area contributed by atoms with Gasteiger partial charge in [0.1, 0.15) is 11.8 Å². The molecular formula is C20H31F3IN5O2. The van der Waals surface area contributed by atoms with E-state index in [2.05, 4.69) is 15.6 Å². The minimum Gasteiger partial charge on any atom is -0.497 e. The molecule has 1 aliphatic heterocycles. The Morgan fingerprint density at radius 1 is 1.16 bits per heavy atom. The van der Waals surface area contributed by atoms with Crippen LogP contribution in [0.5, 0.6) is 5.75 Å². The van der Waals surface area contributed by atoms with Gasteiger partial charge in [0.25, 0.3) is 5.91 Å². The molecule has 1 aliphatic rings. The van der Waals surface area contributed by atoms with Gasteiger partial charge < -0.3 is 20.3 Å². The molecule has 2 N–H and O–H groups in total. The van der Waals surface area contributed by atoms with Crippen LogP contribution in [0.25, 0.3) is 0 Å². The van der Waals surface area contributed by atoms with Crippen LogP contribution in [0.1, 0.15) is 24.2 Å². The second-order valence-electron chi connectivity index (χ2n) is 6.96. The monoisotopic (exact) mass is 557 g/mol. The lowest BCUT2D eigenvalue weighted by Gasteiger charge is -2.39. The Kier molecular flexibility index (Phi) is 11.4. The quantitative estimate of drug-likeness (QED) is 0.234. The number of alkyl halides is 3. The molecule has 1 heterocycles. The number of hydrogen-bond acceptors (Lipinski definition) is 4. The molecule has 2 rings (SSSR count). The van der Waals surface area contributed by atoms with Crippen LogP contribution in [-0.4, -0.2) is 86.8 Å². The van der Waals surface area contributed by atoms with Gasteiger partial charge in [-0.1, -0.05) is 0 Å². The first kappa shape index (κ1) is 27.3. The molecule has 11 heteroatoms. The molecule has 0 saturated carbocycles. The Hall–Kier alpha value is -1.76. The number of nitrogens with zero attached hydrogens (tertiary/aromatic N) is 3. The molecule has 1 aromatic rings. The Balaban J connectivity index is 0.00000480. The van der Waals surface area contributed by atoms with Crippen LogP contribution < -0.4 is 15.4 Å². The molecule has 0 spiro atoms. The number of piperazine rings is 1. The summed E-state index contributed by atoms with van der Waals surface area (Å²) < 4.78 is 43.8. The SMILES string of the molecule is CCNC(=NCCNC(=O)c1ccc(OC)cc1)N1CCN(C(C)C(F)(F)F)CC1.I. The Morgan fingerprint density at radius 3 is 2.29 bits per heavy atom. The van der Waals surface area contributed by atoms with Gasteiger partial charge in [-0.15, -0.1) is 24.0 Å². The second-order valence-corrected chi connectivity index (χ2v) is 6.96. The van der Waals surface area contributed by atoms with E-state index in [4.69, 9.17) is 4.74 Å². The molecule has 7 nitrogen and oxygen atoms in total. The number of nitrogens with one attached hydrogen (secondary N) is 2. The van der Waals surface area contributed by atoms with E-state index in [-0.39, 0.29) is 29.9 Å².